The third-order valence-corrected chi connectivity index (χ3v) is 5.50. The van der Waals surface area contributed by atoms with Gasteiger partial charge in [-0.25, -0.2) is 14.1 Å². The topological polar surface area (TPSA) is 67.9 Å². The number of carbonyl (C=O) groups excluding carboxylic acids is 2. The molecule has 32 heavy (non-hydrogen) atoms. The summed E-state index contributed by atoms with van der Waals surface area (Å²) >= 11 is 3.46. The lowest BCUT2D eigenvalue weighted by atomic mass is 10.1. The molecule has 4 rings (SSSR count). The number of imide groups is 1. The van der Waals surface area contributed by atoms with Crippen molar-refractivity contribution in [3.05, 3.63) is 93.8 Å². The Morgan fingerprint density at radius 1 is 1.03 bits per heavy atom. The molecule has 3 amide bonds. The lowest BCUT2D eigenvalue weighted by Gasteiger charge is -2.13. The number of para-hydroxylation sites is 1. The predicted octanol–water partition coefficient (Wildman–Crippen LogP) is 5.27. The highest BCUT2D eigenvalue weighted by atomic mass is 79.9. The molecule has 0 aromatic heterocycles. The van der Waals surface area contributed by atoms with Crippen LogP contribution in [-0.2, 0) is 11.4 Å². The number of halogens is 2. The van der Waals surface area contributed by atoms with E-state index in [2.05, 4.69) is 21.2 Å². The SMILES string of the molecule is COc1cc(/C=C2\NC(=O)N(c3ccccc3)C2=O)c(Br)cc1OCc1ccccc1F. The molecule has 0 aliphatic carbocycles. The van der Waals surface area contributed by atoms with Crippen LogP contribution in [0.1, 0.15) is 11.1 Å². The van der Waals surface area contributed by atoms with Crippen molar-refractivity contribution in [3.8, 4) is 11.5 Å². The molecule has 1 aliphatic rings. The van der Waals surface area contributed by atoms with E-state index in [9.17, 15) is 14.0 Å². The molecule has 0 bridgehead atoms. The number of nitrogens with one attached hydrogen (secondary N) is 1. The highest BCUT2D eigenvalue weighted by Gasteiger charge is 2.34. The van der Waals surface area contributed by atoms with Gasteiger partial charge in [-0.2, -0.15) is 0 Å². The number of hydrogen-bond acceptors (Lipinski definition) is 4. The summed E-state index contributed by atoms with van der Waals surface area (Å²) in [6.45, 7) is 0.0243. The van der Waals surface area contributed by atoms with Crippen LogP contribution in [0.5, 0.6) is 11.5 Å². The van der Waals surface area contributed by atoms with E-state index in [1.165, 1.54) is 13.2 Å². The van der Waals surface area contributed by atoms with E-state index in [-0.39, 0.29) is 18.1 Å². The minimum Gasteiger partial charge on any atom is -0.493 e. The molecule has 1 saturated heterocycles. The van der Waals surface area contributed by atoms with Gasteiger partial charge in [0.2, 0.25) is 0 Å². The van der Waals surface area contributed by atoms with Crippen LogP contribution in [0.3, 0.4) is 0 Å². The third kappa shape index (κ3) is 4.36. The Bertz CT molecular complexity index is 1210. The maximum Gasteiger partial charge on any atom is 0.333 e. The highest BCUT2D eigenvalue weighted by molar-refractivity contribution is 9.10. The van der Waals surface area contributed by atoms with E-state index in [0.717, 1.165) is 4.90 Å². The molecule has 0 saturated carbocycles. The number of ether oxygens (including phenoxy) is 2. The number of anilines is 1. The summed E-state index contributed by atoms with van der Waals surface area (Å²) in [5, 5.41) is 2.60. The van der Waals surface area contributed by atoms with Crippen LogP contribution in [0.25, 0.3) is 6.08 Å². The molecule has 1 heterocycles. The minimum atomic E-state index is -0.527. The van der Waals surface area contributed by atoms with E-state index in [1.54, 1.807) is 66.7 Å². The van der Waals surface area contributed by atoms with E-state index in [1.807, 2.05) is 0 Å². The van der Waals surface area contributed by atoms with Crippen LogP contribution < -0.4 is 19.7 Å². The van der Waals surface area contributed by atoms with Gasteiger partial charge in [0.25, 0.3) is 5.91 Å². The second-order valence-corrected chi connectivity index (χ2v) is 7.72. The van der Waals surface area contributed by atoms with Crippen LogP contribution >= 0.6 is 15.9 Å². The molecule has 8 heteroatoms. The maximum atomic E-state index is 13.9. The molecule has 0 atom stereocenters. The summed E-state index contributed by atoms with van der Waals surface area (Å²) in [7, 11) is 1.48. The lowest BCUT2D eigenvalue weighted by Crippen LogP contribution is -2.30. The number of carbonyl (C=O) groups is 2. The predicted molar refractivity (Wildman–Crippen MR) is 122 cm³/mol. The number of nitrogens with zero attached hydrogens (tertiary/aromatic N) is 1. The van der Waals surface area contributed by atoms with Crippen LogP contribution in [0.15, 0.2) is 76.9 Å². The van der Waals surface area contributed by atoms with Gasteiger partial charge in [0.15, 0.2) is 11.5 Å². The van der Waals surface area contributed by atoms with Crippen molar-refractivity contribution in [2.75, 3.05) is 12.0 Å². The van der Waals surface area contributed by atoms with E-state index in [0.29, 0.717) is 32.8 Å². The Balaban J connectivity index is 1.59. The molecule has 1 fully saturated rings. The molecular formula is C24H18BrFN2O4. The van der Waals surface area contributed by atoms with Gasteiger partial charge in [-0.1, -0.05) is 52.3 Å². The van der Waals surface area contributed by atoms with Gasteiger partial charge in [-0.3, -0.25) is 4.79 Å². The second kappa shape index (κ2) is 9.23. The van der Waals surface area contributed by atoms with Crippen molar-refractivity contribution >= 4 is 39.6 Å². The highest BCUT2D eigenvalue weighted by Crippen LogP contribution is 2.35. The normalized spacial score (nSPS) is 14.6. The molecular weight excluding hydrogens is 479 g/mol. The standard InChI is InChI=1S/C24H18BrFN2O4/c1-31-21-12-16(18(25)13-22(21)32-14-15-7-5-6-10-19(15)26)11-20-23(29)28(24(30)27-20)17-8-3-2-4-9-17/h2-13H,14H2,1H3,(H,27,30)/b20-11-. The summed E-state index contributed by atoms with van der Waals surface area (Å²) in [6.07, 6.45) is 1.55. The zero-order valence-corrected chi connectivity index (χ0v) is 18.6. The molecule has 1 aliphatic heterocycles. The largest absolute Gasteiger partial charge is 0.493 e. The fraction of sp³-hybridized carbons (Fsp3) is 0.0833. The van der Waals surface area contributed by atoms with Crippen molar-refractivity contribution in [3.63, 3.8) is 0 Å². The van der Waals surface area contributed by atoms with Gasteiger partial charge < -0.3 is 14.8 Å². The molecule has 1 N–H and O–H groups in total. The number of methoxy groups -OCH3 is 1. The van der Waals surface area contributed by atoms with Gasteiger partial charge in [0.05, 0.1) is 12.8 Å². The lowest BCUT2D eigenvalue weighted by molar-refractivity contribution is -0.113. The molecule has 3 aromatic rings. The Hall–Kier alpha value is -3.65. The molecule has 0 unspecified atom stereocenters. The molecule has 3 aromatic carbocycles. The van der Waals surface area contributed by atoms with Crippen LogP contribution in [0.4, 0.5) is 14.9 Å². The first-order valence-corrected chi connectivity index (χ1v) is 10.4. The van der Waals surface area contributed by atoms with Gasteiger partial charge in [-0.15, -0.1) is 0 Å². The number of urea groups is 1. The Labute approximate surface area is 192 Å². The fourth-order valence-electron chi connectivity index (χ4n) is 3.21. The first kappa shape index (κ1) is 21.6. The molecule has 0 radical (unpaired) electrons. The number of rotatable bonds is 6. The quantitative estimate of drug-likeness (QED) is 0.372. The monoisotopic (exact) mass is 496 g/mol. The number of benzene rings is 3. The molecule has 162 valence electrons. The van der Waals surface area contributed by atoms with Crippen molar-refractivity contribution in [1.82, 2.24) is 5.32 Å². The average molecular weight is 497 g/mol. The van der Waals surface area contributed by atoms with Gasteiger partial charge in [0, 0.05) is 10.0 Å². The minimum absolute atomic E-state index is 0.0243. The zero-order valence-electron chi connectivity index (χ0n) is 17.0. The van der Waals surface area contributed by atoms with E-state index in [4.69, 9.17) is 9.47 Å². The third-order valence-electron chi connectivity index (χ3n) is 4.82. The van der Waals surface area contributed by atoms with E-state index >= 15 is 0 Å². The van der Waals surface area contributed by atoms with Crippen LogP contribution in [0, 0.1) is 5.82 Å². The summed E-state index contributed by atoms with van der Waals surface area (Å²) in [5.74, 6) is -0.0251. The van der Waals surface area contributed by atoms with Crippen molar-refractivity contribution in [1.29, 1.82) is 0 Å². The summed E-state index contributed by atoms with van der Waals surface area (Å²) < 4.78 is 25.6. The summed E-state index contributed by atoms with van der Waals surface area (Å²) in [5.41, 5.74) is 1.62. The van der Waals surface area contributed by atoms with E-state index < -0.39 is 11.9 Å². The summed E-state index contributed by atoms with van der Waals surface area (Å²) in [6, 6.07) is 17.8. The van der Waals surface area contributed by atoms with Crippen LogP contribution in [-0.4, -0.2) is 19.0 Å². The summed E-state index contributed by atoms with van der Waals surface area (Å²) in [4.78, 5) is 26.2. The second-order valence-electron chi connectivity index (χ2n) is 6.87. The first-order chi connectivity index (χ1) is 15.5. The fourth-order valence-corrected chi connectivity index (χ4v) is 3.64. The van der Waals surface area contributed by atoms with Crippen molar-refractivity contribution < 1.29 is 23.5 Å². The number of amides is 3. The maximum absolute atomic E-state index is 13.9. The van der Waals surface area contributed by atoms with Crippen LogP contribution in [0.2, 0.25) is 0 Å². The molecule has 6 nitrogen and oxygen atoms in total. The smallest absolute Gasteiger partial charge is 0.333 e. The van der Waals surface area contributed by atoms with Crippen molar-refractivity contribution in [2.24, 2.45) is 0 Å². The van der Waals surface area contributed by atoms with Gasteiger partial charge >= 0.3 is 6.03 Å². The van der Waals surface area contributed by atoms with Crippen molar-refractivity contribution in [2.45, 2.75) is 6.61 Å². The van der Waals surface area contributed by atoms with Gasteiger partial charge in [0.1, 0.15) is 18.1 Å². The Morgan fingerprint density at radius 3 is 2.47 bits per heavy atom. The Morgan fingerprint density at radius 2 is 1.75 bits per heavy atom. The average Bonchev–Trinajstić information content (AvgIpc) is 3.08. The molecule has 0 spiro atoms. The zero-order chi connectivity index (χ0) is 22.7. The first-order valence-electron chi connectivity index (χ1n) is 9.64. The Kier molecular flexibility index (Phi) is 6.23. The van der Waals surface area contributed by atoms with Gasteiger partial charge in [-0.05, 0) is 42.0 Å². The number of hydrogen-bond donors (Lipinski definition) is 1.